The van der Waals surface area contributed by atoms with Gasteiger partial charge in [0.1, 0.15) is 0 Å². The van der Waals surface area contributed by atoms with Crippen LogP contribution in [-0.2, 0) is 6.42 Å². The third kappa shape index (κ3) is 5.30. The molecule has 1 rings (SSSR count). The van der Waals surface area contributed by atoms with E-state index in [1.165, 1.54) is 32.4 Å². The molecular formula is C12H19Br2NS. The van der Waals surface area contributed by atoms with E-state index in [1.54, 1.807) is 11.3 Å². The van der Waals surface area contributed by atoms with E-state index in [0.29, 0.717) is 0 Å². The lowest BCUT2D eigenvalue weighted by molar-refractivity contribution is 0.474. The highest BCUT2D eigenvalue weighted by Crippen LogP contribution is 2.33. The van der Waals surface area contributed by atoms with Crippen LogP contribution in [0.25, 0.3) is 0 Å². The Morgan fingerprint density at radius 2 is 2.12 bits per heavy atom. The molecule has 0 radical (unpaired) electrons. The molecule has 0 aliphatic rings. The first-order valence-corrected chi connectivity index (χ1v) is 8.18. The predicted octanol–water partition coefficient (Wildman–Crippen LogP) is 4.84. The van der Waals surface area contributed by atoms with Gasteiger partial charge in [0, 0.05) is 0 Å². The second kappa shape index (κ2) is 7.85. The van der Waals surface area contributed by atoms with Crippen molar-refractivity contribution in [2.24, 2.45) is 5.92 Å². The summed E-state index contributed by atoms with van der Waals surface area (Å²) in [5, 5.41) is 3.38. The molecule has 1 atom stereocenters. The van der Waals surface area contributed by atoms with Gasteiger partial charge in [-0.25, -0.2) is 0 Å². The summed E-state index contributed by atoms with van der Waals surface area (Å²) in [6.07, 6.45) is 3.72. The van der Waals surface area contributed by atoms with Gasteiger partial charge in [0.25, 0.3) is 0 Å². The third-order valence-corrected chi connectivity index (χ3v) is 5.16. The molecule has 1 unspecified atom stereocenters. The molecule has 0 bridgehead atoms. The Labute approximate surface area is 119 Å². The summed E-state index contributed by atoms with van der Waals surface area (Å²) in [5.74, 6) is 0.796. The molecule has 92 valence electrons. The minimum Gasteiger partial charge on any atom is -0.317 e. The Morgan fingerprint density at radius 3 is 2.69 bits per heavy atom. The van der Waals surface area contributed by atoms with Gasteiger partial charge in [0.2, 0.25) is 0 Å². The number of hydrogen-bond acceptors (Lipinski definition) is 2. The Hall–Kier alpha value is 0.620. The third-order valence-electron chi connectivity index (χ3n) is 2.70. The normalized spacial score (nSPS) is 13.0. The molecule has 1 heterocycles. The minimum absolute atomic E-state index is 0.796. The maximum atomic E-state index is 3.61. The van der Waals surface area contributed by atoms with Gasteiger partial charge < -0.3 is 5.32 Å². The van der Waals surface area contributed by atoms with E-state index in [2.05, 4.69) is 57.1 Å². The van der Waals surface area contributed by atoms with E-state index in [-0.39, 0.29) is 0 Å². The van der Waals surface area contributed by atoms with Crippen LogP contribution in [0.15, 0.2) is 13.6 Å². The summed E-state index contributed by atoms with van der Waals surface area (Å²) in [6, 6.07) is 2.23. The van der Waals surface area contributed by atoms with E-state index in [9.17, 15) is 0 Å². The van der Waals surface area contributed by atoms with Gasteiger partial charge in [0.15, 0.2) is 0 Å². The van der Waals surface area contributed by atoms with Crippen molar-refractivity contribution in [2.45, 2.75) is 33.1 Å². The molecule has 1 nitrogen and oxygen atoms in total. The summed E-state index contributed by atoms with van der Waals surface area (Å²) >= 11 is 8.89. The second-order valence-corrected chi connectivity index (χ2v) is 7.88. The first kappa shape index (κ1) is 14.7. The summed E-state index contributed by atoms with van der Waals surface area (Å²) in [6.45, 7) is 6.72. The molecule has 0 fully saturated rings. The van der Waals surface area contributed by atoms with Gasteiger partial charge in [-0.1, -0.05) is 13.8 Å². The lowest BCUT2D eigenvalue weighted by atomic mass is 9.99. The quantitative estimate of drug-likeness (QED) is 0.679. The zero-order chi connectivity index (χ0) is 12.0. The highest BCUT2D eigenvalue weighted by Gasteiger charge is 2.07. The second-order valence-electron chi connectivity index (χ2n) is 4.14. The molecule has 0 aliphatic carbocycles. The average Bonchev–Trinajstić information content (AvgIpc) is 2.55. The van der Waals surface area contributed by atoms with E-state index in [4.69, 9.17) is 0 Å². The fourth-order valence-electron chi connectivity index (χ4n) is 1.62. The number of nitrogens with one attached hydrogen (secondary N) is 1. The Morgan fingerprint density at radius 1 is 1.38 bits per heavy atom. The Kier molecular flexibility index (Phi) is 7.20. The molecule has 16 heavy (non-hydrogen) atoms. The SMILES string of the molecule is CCNCCC(C)CCc1cc(Br)sc1Br. The van der Waals surface area contributed by atoms with Crippen molar-refractivity contribution in [3.8, 4) is 0 Å². The minimum atomic E-state index is 0.796. The summed E-state index contributed by atoms with van der Waals surface area (Å²) in [5.41, 5.74) is 1.44. The van der Waals surface area contributed by atoms with Crippen LogP contribution < -0.4 is 5.32 Å². The number of rotatable bonds is 7. The highest BCUT2D eigenvalue weighted by atomic mass is 79.9. The Bertz CT molecular complexity index is 312. The first-order chi connectivity index (χ1) is 7.63. The van der Waals surface area contributed by atoms with Crippen LogP contribution in [0, 0.1) is 5.92 Å². The van der Waals surface area contributed by atoms with Crippen LogP contribution in [0.1, 0.15) is 32.3 Å². The van der Waals surface area contributed by atoms with Crippen LogP contribution in [0.4, 0.5) is 0 Å². The largest absolute Gasteiger partial charge is 0.317 e. The molecule has 0 saturated heterocycles. The summed E-state index contributed by atoms with van der Waals surface area (Å²) in [7, 11) is 0. The Balaban J connectivity index is 2.26. The maximum Gasteiger partial charge on any atom is 0.0742 e. The van der Waals surface area contributed by atoms with Crippen LogP contribution in [0.5, 0.6) is 0 Å². The monoisotopic (exact) mass is 367 g/mol. The van der Waals surface area contributed by atoms with Crippen LogP contribution in [0.2, 0.25) is 0 Å². The number of aryl methyl sites for hydroxylation is 1. The smallest absolute Gasteiger partial charge is 0.0742 e. The molecule has 0 saturated carbocycles. The fourth-order valence-corrected chi connectivity index (χ4v) is 4.53. The average molecular weight is 369 g/mol. The van der Waals surface area contributed by atoms with Gasteiger partial charge in [-0.15, -0.1) is 11.3 Å². The van der Waals surface area contributed by atoms with Crippen LogP contribution >= 0.6 is 43.2 Å². The van der Waals surface area contributed by atoms with E-state index in [0.717, 1.165) is 19.0 Å². The van der Waals surface area contributed by atoms with Crippen LogP contribution in [0.3, 0.4) is 0 Å². The highest BCUT2D eigenvalue weighted by molar-refractivity contribution is 9.12. The van der Waals surface area contributed by atoms with Crippen molar-refractivity contribution in [1.29, 1.82) is 0 Å². The summed E-state index contributed by atoms with van der Waals surface area (Å²) < 4.78 is 2.49. The van der Waals surface area contributed by atoms with Crippen molar-refractivity contribution in [2.75, 3.05) is 13.1 Å². The van der Waals surface area contributed by atoms with E-state index >= 15 is 0 Å². The standard InChI is InChI=1S/C12H19Br2NS/c1-3-15-7-6-9(2)4-5-10-8-11(13)16-12(10)14/h8-9,15H,3-7H2,1-2H3. The first-order valence-electron chi connectivity index (χ1n) is 5.78. The molecule has 1 N–H and O–H groups in total. The zero-order valence-electron chi connectivity index (χ0n) is 9.85. The lowest BCUT2D eigenvalue weighted by Gasteiger charge is -2.10. The molecule has 0 aromatic carbocycles. The maximum absolute atomic E-state index is 3.61. The van der Waals surface area contributed by atoms with E-state index in [1.807, 2.05) is 0 Å². The van der Waals surface area contributed by atoms with Gasteiger partial charge in [-0.2, -0.15) is 0 Å². The van der Waals surface area contributed by atoms with Gasteiger partial charge in [0.05, 0.1) is 7.57 Å². The van der Waals surface area contributed by atoms with Gasteiger partial charge in [-0.05, 0) is 81.8 Å². The number of thiophene rings is 1. The fraction of sp³-hybridized carbons (Fsp3) is 0.667. The topological polar surface area (TPSA) is 12.0 Å². The van der Waals surface area contributed by atoms with E-state index < -0.39 is 0 Å². The number of hydrogen-bond donors (Lipinski definition) is 1. The molecule has 0 amide bonds. The molecule has 4 heteroatoms. The number of halogens is 2. The van der Waals surface area contributed by atoms with Gasteiger partial charge in [-0.3, -0.25) is 0 Å². The molecule has 1 aromatic heterocycles. The molecule has 1 aromatic rings. The zero-order valence-corrected chi connectivity index (χ0v) is 13.8. The lowest BCUT2D eigenvalue weighted by Crippen LogP contribution is -2.16. The van der Waals surface area contributed by atoms with Crippen LogP contribution in [-0.4, -0.2) is 13.1 Å². The molecular weight excluding hydrogens is 350 g/mol. The van der Waals surface area contributed by atoms with Crippen molar-refractivity contribution in [3.63, 3.8) is 0 Å². The molecule has 0 spiro atoms. The predicted molar refractivity (Wildman–Crippen MR) is 80.4 cm³/mol. The molecule has 0 aliphatic heterocycles. The van der Waals surface area contributed by atoms with Crippen molar-refractivity contribution < 1.29 is 0 Å². The van der Waals surface area contributed by atoms with Crippen molar-refractivity contribution >= 4 is 43.2 Å². The summed E-state index contributed by atoms with van der Waals surface area (Å²) in [4.78, 5) is 0. The van der Waals surface area contributed by atoms with Crippen molar-refractivity contribution in [1.82, 2.24) is 5.32 Å². The van der Waals surface area contributed by atoms with Crippen molar-refractivity contribution in [3.05, 3.63) is 19.2 Å². The van der Waals surface area contributed by atoms with Gasteiger partial charge >= 0.3 is 0 Å².